The molecule has 0 fully saturated rings. The van der Waals surface area contributed by atoms with Gasteiger partial charge in [0.25, 0.3) is 11.5 Å². The number of aromatic nitrogens is 5. The zero-order chi connectivity index (χ0) is 26.0. The molecule has 3 aromatic heterocycles. The molecule has 2 aromatic carbocycles. The summed E-state index contributed by atoms with van der Waals surface area (Å²) in [5.41, 5.74) is 9.20. The summed E-state index contributed by atoms with van der Waals surface area (Å²) >= 11 is 0. The molecule has 0 aliphatic rings. The van der Waals surface area contributed by atoms with Gasteiger partial charge < -0.3 is 35.1 Å². The van der Waals surface area contributed by atoms with Crippen LogP contribution in [0.2, 0.25) is 0 Å². The van der Waals surface area contributed by atoms with Crippen molar-refractivity contribution in [1.82, 2.24) is 24.5 Å². The predicted octanol–water partition coefficient (Wildman–Crippen LogP) is 1.94. The maximum absolute atomic E-state index is 13.0. The van der Waals surface area contributed by atoms with Crippen LogP contribution in [0.15, 0.2) is 46.1 Å². The minimum atomic E-state index is -0.833. The lowest BCUT2D eigenvalue weighted by atomic mass is 10.1. The summed E-state index contributed by atoms with van der Waals surface area (Å²) in [6.07, 6.45) is 2.60. The number of rotatable bonds is 5. The molecule has 0 radical (unpaired) electrons. The number of hydrogen-bond acceptors (Lipinski definition) is 7. The summed E-state index contributed by atoms with van der Waals surface area (Å²) in [5.74, 6) is -1.30. The number of H-pyrrole nitrogens is 3. The fourth-order valence-corrected chi connectivity index (χ4v) is 3.98. The van der Waals surface area contributed by atoms with Gasteiger partial charge in [-0.2, -0.15) is 0 Å². The number of nitrogens with one attached hydrogen (secondary N) is 3. The van der Waals surface area contributed by atoms with Gasteiger partial charge in [-0.25, -0.2) is 14.6 Å². The van der Waals surface area contributed by atoms with Gasteiger partial charge in [0, 0.05) is 36.1 Å². The van der Waals surface area contributed by atoms with Gasteiger partial charge >= 0.3 is 11.7 Å². The number of carboxylic acids is 1. The topological polar surface area (TPSA) is 189 Å². The molecule has 0 amide bonds. The maximum Gasteiger partial charge on any atom is 0.337 e. The molecule has 0 aliphatic heterocycles. The van der Waals surface area contributed by atoms with Crippen LogP contribution < -0.4 is 17.0 Å². The molecule has 5 aromatic rings. The van der Waals surface area contributed by atoms with Gasteiger partial charge in [0.15, 0.2) is 0 Å². The summed E-state index contributed by atoms with van der Waals surface area (Å²) in [6, 6.07) is 8.59. The monoisotopic (exact) mass is 492 g/mol. The van der Waals surface area contributed by atoms with Crippen LogP contribution in [0, 0.1) is 0 Å². The van der Waals surface area contributed by atoms with E-state index >= 15 is 0 Å². The molecular weight excluding hydrogens is 468 g/mol. The largest absolute Gasteiger partial charge is 0.481 e. The van der Waals surface area contributed by atoms with Crippen molar-refractivity contribution in [2.75, 3.05) is 13.7 Å². The van der Waals surface area contributed by atoms with Crippen LogP contribution in [0.1, 0.15) is 23.7 Å². The first-order valence-corrected chi connectivity index (χ1v) is 11.0. The molecular formula is C24H24N6O6. The number of aliphatic carboxylic acids is 1. The number of aromatic amines is 3. The Kier molecular flexibility index (Phi) is 6.70. The average Bonchev–Trinajstić information content (AvgIpc) is 3.38. The number of ether oxygens (including phenoxy) is 1. The van der Waals surface area contributed by atoms with E-state index in [-0.39, 0.29) is 16.9 Å². The SMILES string of the molecule is CC(=O)O.COC(=O)c1ccc2c(c1)c(-c1nc3cc4[nH]c(=O)[nH]c4cc3[nH]c1=O)cn2CCCN. The van der Waals surface area contributed by atoms with Crippen LogP contribution in [0.3, 0.4) is 0 Å². The summed E-state index contributed by atoms with van der Waals surface area (Å²) in [7, 11) is 1.32. The number of carboxylic acid groups (broad SMARTS) is 1. The number of nitrogens with two attached hydrogens (primary N) is 1. The lowest BCUT2D eigenvalue weighted by molar-refractivity contribution is -0.134. The summed E-state index contributed by atoms with van der Waals surface area (Å²) in [6.45, 7) is 2.26. The highest BCUT2D eigenvalue weighted by molar-refractivity contribution is 6.01. The quantitative estimate of drug-likeness (QED) is 0.230. The number of benzene rings is 2. The number of nitrogens with zero attached hydrogens (tertiary/aromatic N) is 2. The summed E-state index contributed by atoms with van der Waals surface area (Å²) in [4.78, 5) is 58.5. The van der Waals surface area contributed by atoms with Crippen LogP contribution in [0.5, 0.6) is 0 Å². The molecule has 0 bridgehead atoms. The van der Waals surface area contributed by atoms with Crippen molar-refractivity contribution in [2.45, 2.75) is 19.9 Å². The van der Waals surface area contributed by atoms with E-state index in [1.54, 1.807) is 24.3 Å². The predicted molar refractivity (Wildman–Crippen MR) is 134 cm³/mol. The summed E-state index contributed by atoms with van der Waals surface area (Å²) < 4.78 is 6.85. The fraction of sp³-hybridized carbons (Fsp3) is 0.208. The molecule has 186 valence electrons. The number of esters is 1. The van der Waals surface area contributed by atoms with Crippen LogP contribution in [-0.2, 0) is 16.1 Å². The number of methoxy groups -OCH3 is 1. The van der Waals surface area contributed by atoms with Crippen LogP contribution in [-0.4, -0.2) is 55.2 Å². The van der Waals surface area contributed by atoms with Gasteiger partial charge in [-0.3, -0.25) is 9.59 Å². The third-order valence-corrected chi connectivity index (χ3v) is 5.49. The molecule has 36 heavy (non-hydrogen) atoms. The highest BCUT2D eigenvalue weighted by Crippen LogP contribution is 2.30. The van der Waals surface area contributed by atoms with Crippen molar-refractivity contribution in [3.8, 4) is 11.3 Å². The van der Waals surface area contributed by atoms with Crippen LogP contribution in [0.4, 0.5) is 0 Å². The molecule has 0 saturated heterocycles. The number of carbonyl (C=O) groups excluding carboxylic acids is 1. The van der Waals surface area contributed by atoms with Crippen molar-refractivity contribution >= 4 is 44.9 Å². The second-order valence-electron chi connectivity index (χ2n) is 8.03. The third kappa shape index (κ3) is 4.74. The normalized spacial score (nSPS) is 11.0. The highest BCUT2D eigenvalue weighted by atomic mass is 16.5. The van der Waals surface area contributed by atoms with E-state index < -0.39 is 11.9 Å². The van der Waals surface area contributed by atoms with Crippen molar-refractivity contribution in [2.24, 2.45) is 5.73 Å². The van der Waals surface area contributed by atoms with Crippen molar-refractivity contribution in [3.05, 3.63) is 62.9 Å². The van der Waals surface area contributed by atoms with Gasteiger partial charge in [-0.05, 0) is 43.3 Å². The Morgan fingerprint density at radius 3 is 2.44 bits per heavy atom. The van der Waals surface area contributed by atoms with Gasteiger partial charge in [-0.15, -0.1) is 0 Å². The maximum atomic E-state index is 13.0. The summed E-state index contributed by atoms with van der Waals surface area (Å²) in [5, 5.41) is 8.12. The minimum Gasteiger partial charge on any atom is -0.481 e. The van der Waals surface area contributed by atoms with E-state index in [0.29, 0.717) is 51.7 Å². The Bertz CT molecular complexity index is 1720. The van der Waals surface area contributed by atoms with Gasteiger partial charge in [0.2, 0.25) is 0 Å². The van der Waals surface area contributed by atoms with E-state index in [9.17, 15) is 14.4 Å². The van der Waals surface area contributed by atoms with Crippen LogP contribution in [0.25, 0.3) is 44.2 Å². The molecule has 0 atom stereocenters. The molecule has 0 saturated carbocycles. The molecule has 0 aliphatic carbocycles. The number of hydrogen-bond donors (Lipinski definition) is 5. The first-order chi connectivity index (χ1) is 17.2. The van der Waals surface area contributed by atoms with Crippen LogP contribution >= 0.6 is 0 Å². The van der Waals surface area contributed by atoms with Crippen molar-refractivity contribution in [1.29, 1.82) is 0 Å². The first-order valence-electron chi connectivity index (χ1n) is 11.0. The smallest absolute Gasteiger partial charge is 0.337 e. The molecule has 0 unspecified atom stereocenters. The van der Waals surface area contributed by atoms with E-state index in [2.05, 4.69) is 19.9 Å². The first kappa shape index (κ1) is 24.4. The van der Waals surface area contributed by atoms with Gasteiger partial charge in [-0.1, -0.05) is 0 Å². The zero-order valence-corrected chi connectivity index (χ0v) is 19.5. The number of aryl methyl sites for hydroxylation is 1. The molecule has 3 heterocycles. The van der Waals surface area contributed by atoms with Gasteiger partial charge in [0.05, 0.1) is 34.7 Å². The second kappa shape index (κ2) is 9.88. The van der Waals surface area contributed by atoms with E-state index in [1.165, 1.54) is 7.11 Å². The number of fused-ring (bicyclic) bond motifs is 3. The van der Waals surface area contributed by atoms with Crippen molar-refractivity contribution < 1.29 is 19.4 Å². The highest BCUT2D eigenvalue weighted by Gasteiger charge is 2.18. The van der Waals surface area contributed by atoms with E-state index in [4.69, 9.17) is 20.4 Å². The van der Waals surface area contributed by atoms with E-state index in [1.807, 2.05) is 16.8 Å². The Balaban J connectivity index is 0.000000709. The lowest BCUT2D eigenvalue weighted by Crippen LogP contribution is -2.11. The van der Waals surface area contributed by atoms with Crippen molar-refractivity contribution in [3.63, 3.8) is 0 Å². The molecule has 6 N–H and O–H groups in total. The standard InChI is InChI=1S/C22H20N6O4.C2H4O2/c1-32-21(30)11-3-4-18-12(7-11)13(10-28(18)6-2-5-23)19-20(29)25-15-9-17-16(8-14(15)24-19)26-22(31)27-17;1-2(3)4/h3-4,7-10H,2,5-6,23H2,1H3,(H,25,29)(H2,26,27,31);1H3,(H,3,4). The van der Waals surface area contributed by atoms with E-state index in [0.717, 1.165) is 18.9 Å². The molecule has 5 rings (SSSR count). The van der Waals surface area contributed by atoms with Gasteiger partial charge in [0.1, 0.15) is 5.69 Å². The number of imidazole rings is 1. The fourth-order valence-electron chi connectivity index (χ4n) is 3.98. The Hall–Kier alpha value is -4.71. The Morgan fingerprint density at radius 1 is 1.08 bits per heavy atom. The Labute approximate surface area is 202 Å². The molecule has 0 spiro atoms. The Morgan fingerprint density at radius 2 is 1.78 bits per heavy atom. The minimum absolute atomic E-state index is 0.216. The average molecular weight is 492 g/mol. The lowest BCUT2D eigenvalue weighted by Gasteiger charge is -2.05. The molecule has 12 heteroatoms. The number of carbonyl (C=O) groups is 2. The second-order valence-corrected chi connectivity index (χ2v) is 8.03. The molecule has 12 nitrogen and oxygen atoms in total. The third-order valence-electron chi connectivity index (χ3n) is 5.49. The zero-order valence-electron chi connectivity index (χ0n) is 19.5.